The smallest absolute Gasteiger partial charge is 0.328 e. The molecule has 0 aliphatic carbocycles. The molecule has 0 radical (unpaired) electrons. The fourth-order valence-electron chi connectivity index (χ4n) is 3.99. The molecule has 2 N–H and O–H groups in total. The molecule has 0 spiro atoms. The molecule has 3 rings (SSSR count). The van der Waals surface area contributed by atoms with E-state index in [0.29, 0.717) is 24.3 Å². The van der Waals surface area contributed by atoms with E-state index >= 15 is 0 Å². The molecule has 7 heteroatoms. The summed E-state index contributed by atoms with van der Waals surface area (Å²) < 4.78 is 5.27. The van der Waals surface area contributed by atoms with Gasteiger partial charge in [0.15, 0.2) is 5.78 Å². The maximum absolute atomic E-state index is 12.6. The average molecular weight is 371 g/mol. The Morgan fingerprint density at radius 1 is 1.30 bits per heavy atom. The molecule has 1 amide bonds. The minimum Gasteiger partial charge on any atom is -0.464 e. The highest BCUT2D eigenvalue weighted by Crippen LogP contribution is 2.46. The van der Waals surface area contributed by atoms with Crippen molar-refractivity contribution in [2.45, 2.75) is 39.3 Å². The Morgan fingerprint density at radius 3 is 2.67 bits per heavy atom. The van der Waals surface area contributed by atoms with Crippen LogP contribution in [0.15, 0.2) is 30.0 Å². The van der Waals surface area contributed by atoms with Crippen molar-refractivity contribution < 1.29 is 19.1 Å². The van der Waals surface area contributed by atoms with E-state index in [1.54, 1.807) is 19.9 Å². The molecule has 2 aliphatic rings. The normalized spacial score (nSPS) is 23.3. The second kappa shape index (κ2) is 7.42. The summed E-state index contributed by atoms with van der Waals surface area (Å²) in [7, 11) is 1.90. The second-order valence-corrected chi connectivity index (χ2v) is 7.05. The summed E-state index contributed by atoms with van der Waals surface area (Å²) in [6, 6.07) is 4.94. The van der Waals surface area contributed by atoms with Gasteiger partial charge in [0.1, 0.15) is 6.04 Å². The molecule has 0 unspecified atom stereocenters. The molecule has 2 heterocycles. The number of rotatable bonds is 4. The van der Waals surface area contributed by atoms with Gasteiger partial charge in [-0.1, -0.05) is 0 Å². The van der Waals surface area contributed by atoms with Crippen molar-refractivity contribution in [2.75, 3.05) is 24.3 Å². The van der Waals surface area contributed by atoms with Gasteiger partial charge in [0.05, 0.1) is 12.6 Å². The zero-order chi connectivity index (χ0) is 19.7. The fraction of sp³-hybridized carbons (Fsp3) is 0.450. The van der Waals surface area contributed by atoms with Crippen molar-refractivity contribution in [3.63, 3.8) is 0 Å². The molecule has 3 atom stereocenters. The van der Waals surface area contributed by atoms with Gasteiger partial charge in [-0.3, -0.25) is 9.59 Å². The van der Waals surface area contributed by atoms with Crippen LogP contribution in [0.3, 0.4) is 0 Å². The van der Waals surface area contributed by atoms with Crippen molar-refractivity contribution in [1.29, 1.82) is 0 Å². The summed E-state index contributed by atoms with van der Waals surface area (Å²) in [4.78, 5) is 38.0. The zero-order valence-corrected chi connectivity index (χ0v) is 16.0. The highest BCUT2D eigenvalue weighted by molar-refractivity contribution is 5.94. The van der Waals surface area contributed by atoms with Crippen LogP contribution in [0.25, 0.3) is 0 Å². The average Bonchev–Trinajstić information content (AvgIpc) is 2.60. The lowest BCUT2D eigenvalue weighted by molar-refractivity contribution is -0.146. The number of ketones is 1. The predicted molar refractivity (Wildman–Crippen MR) is 102 cm³/mol. The van der Waals surface area contributed by atoms with Gasteiger partial charge in [0.25, 0.3) is 0 Å². The van der Waals surface area contributed by atoms with E-state index in [9.17, 15) is 14.4 Å². The third kappa shape index (κ3) is 3.67. The summed E-state index contributed by atoms with van der Waals surface area (Å²) in [6.45, 7) is 5.08. The molecule has 0 aromatic heterocycles. The summed E-state index contributed by atoms with van der Waals surface area (Å²) in [5, 5.41) is 6.09. The van der Waals surface area contributed by atoms with Crippen LogP contribution in [0.1, 0.15) is 38.8 Å². The number of hydrogen-bond acceptors (Lipinski definition) is 6. The fourth-order valence-corrected chi connectivity index (χ4v) is 3.99. The lowest BCUT2D eigenvalue weighted by Crippen LogP contribution is -2.49. The van der Waals surface area contributed by atoms with E-state index in [1.807, 2.05) is 30.3 Å². The largest absolute Gasteiger partial charge is 0.464 e. The number of nitrogens with zero attached hydrogens (tertiary/aromatic N) is 1. The molecular formula is C20H25N3O4. The van der Waals surface area contributed by atoms with Crippen LogP contribution >= 0.6 is 0 Å². The third-order valence-electron chi connectivity index (χ3n) is 5.08. The van der Waals surface area contributed by atoms with Crippen molar-refractivity contribution in [3.8, 4) is 0 Å². The third-order valence-corrected chi connectivity index (χ3v) is 5.08. The SMILES string of the molecule is CCOC(=O)[C@@H]1Nc2ccc(NC(C)=O)cc2[C@@H]2[C@H]1CC(C(C)=O)=CN2C. The molecule has 144 valence electrons. The van der Waals surface area contributed by atoms with Crippen LogP contribution < -0.4 is 10.6 Å². The molecule has 1 aromatic carbocycles. The lowest BCUT2D eigenvalue weighted by Gasteiger charge is -2.46. The van der Waals surface area contributed by atoms with E-state index in [1.165, 1.54) is 6.92 Å². The number of carbonyl (C=O) groups is 3. The number of nitrogens with one attached hydrogen (secondary N) is 2. The number of Topliss-reactive ketones (excluding diaryl/α,β-unsaturated/α-hetero) is 1. The van der Waals surface area contributed by atoms with Gasteiger partial charge in [-0.05, 0) is 38.5 Å². The molecule has 1 aromatic rings. The Labute approximate surface area is 158 Å². The van der Waals surface area contributed by atoms with E-state index in [2.05, 4.69) is 10.6 Å². The Balaban J connectivity index is 2.06. The summed E-state index contributed by atoms with van der Waals surface area (Å²) >= 11 is 0. The second-order valence-electron chi connectivity index (χ2n) is 7.05. The maximum atomic E-state index is 12.6. The summed E-state index contributed by atoms with van der Waals surface area (Å²) in [6.07, 6.45) is 2.34. The van der Waals surface area contributed by atoms with Crippen LogP contribution in [0, 0.1) is 5.92 Å². The predicted octanol–water partition coefficient (Wildman–Crippen LogP) is 2.47. The van der Waals surface area contributed by atoms with Crippen molar-refractivity contribution in [1.82, 2.24) is 4.90 Å². The highest BCUT2D eigenvalue weighted by Gasteiger charge is 2.45. The van der Waals surface area contributed by atoms with Gasteiger partial charge in [-0.15, -0.1) is 0 Å². The molecule has 0 saturated carbocycles. The van der Waals surface area contributed by atoms with Crippen molar-refractivity contribution in [3.05, 3.63) is 35.5 Å². The van der Waals surface area contributed by atoms with E-state index < -0.39 is 6.04 Å². The van der Waals surface area contributed by atoms with E-state index in [4.69, 9.17) is 4.74 Å². The molecule has 7 nitrogen and oxygen atoms in total. The molecule has 0 saturated heterocycles. The zero-order valence-electron chi connectivity index (χ0n) is 16.0. The first-order chi connectivity index (χ1) is 12.8. The Hall–Kier alpha value is -2.83. The standard InChI is InChI=1S/C20H25N3O4/c1-5-27-20(26)18-16-8-13(11(2)24)10-23(4)19(16)15-9-14(21-12(3)25)6-7-17(15)22-18/h6-7,9-10,16,18-19,22H,5,8H2,1-4H3,(H,21,25)/t16-,18+,19+/m0/s1. The summed E-state index contributed by atoms with van der Waals surface area (Å²) in [5.74, 6) is -0.614. The molecule has 27 heavy (non-hydrogen) atoms. The number of esters is 1. The van der Waals surface area contributed by atoms with Gasteiger partial charge in [0.2, 0.25) is 5.91 Å². The Morgan fingerprint density at radius 2 is 2.04 bits per heavy atom. The number of benzene rings is 1. The van der Waals surface area contributed by atoms with Crippen LogP contribution in [0.2, 0.25) is 0 Å². The van der Waals surface area contributed by atoms with Gasteiger partial charge >= 0.3 is 5.97 Å². The number of carbonyl (C=O) groups excluding carboxylic acids is 3. The molecule has 0 fully saturated rings. The van der Waals surface area contributed by atoms with Crippen LogP contribution in [0.5, 0.6) is 0 Å². The Kier molecular flexibility index (Phi) is 5.21. The van der Waals surface area contributed by atoms with Crippen molar-refractivity contribution >= 4 is 29.0 Å². The number of hydrogen-bond donors (Lipinski definition) is 2. The lowest BCUT2D eigenvalue weighted by atomic mass is 9.75. The van der Waals surface area contributed by atoms with E-state index in [0.717, 1.165) is 11.3 Å². The Bertz CT molecular complexity index is 817. The topological polar surface area (TPSA) is 87.7 Å². The highest BCUT2D eigenvalue weighted by atomic mass is 16.5. The van der Waals surface area contributed by atoms with Gasteiger partial charge < -0.3 is 20.3 Å². The molecule has 0 bridgehead atoms. The first-order valence-corrected chi connectivity index (χ1v) is 9.10. The number of amides is 1. The van der Waals surface area contributed by atoms with Gasteiger partial charge in [-0.2, -0.15) is 0 Å². The number of anilines is 2. The minimum absolute atomic E-state index is 0.000651. The molecular weight excluding hydrogens is 346 g/mol. The van der Waals surface area contributed by atoms with Crippen LogP contribution in [-0.4, -0.2) is 42.3 Å². The minimum atomic E-state index is -0.542. The van der Waals surface area contributed by atoms with Gasteiger partial charge in [0, 0.05) is 48.6 Å². The first kappa shape index (κ1) is 18.9. The van der Waals surface area contributed by atoms with Crippen LogP contribution in [0.4, 0.5) is 11.4 Å². The quantitative estimate of drug-likeness (QED) is 0.791. The number of ether oxygens (including phenoxy) is 1. The maximum Gasteiger partial charge on any atom is 0.328 e. The van der Waals surface area contributed by atoms with E-state index in [-0.39, 0.29) is 29.6 Å². The molecule has 2 aliphatic heterocycles. The summed E-state index contributed by atoms with van der Waals surface area (Å²) in [5.41, 5.74) is 3.20. The van der Waals surface area contributed by atoms with Crippen molar-refractivity contribution in [2.24, 2.45) is 5.92 Å². The first-order valence-electron chi connectivity index (χ1n) is 9.10. The van der Waals surface area contributed by atoms with Crippen LogP contribution in [-0.2, 0) is 19.1 Å². The monoisotopic (exact) mass is 371 g/mol. The number of fused-ring (bicyclic) bond motifs is 3. The number of allylic oxidation sites excluding steroid dienone is 1. The van der Waals surface area contributed by atoms with Gasteiger partial charge in [-0.25, -0.2) is 4.79 Å².